The van der Waals surface area contributed by atoms with E-state index in [1.54, 1.807) is 11.1 Å². The first-order valence-corrected chi connectivity index (χ1v) is 6.99. The van der Waals surface area contributed by atoms with Crippen molar-refractivity contribution < 1.29 is 13.9 Å². The molecule has 0 aliphatic carbocycles. The number of rotatable bonds is 1. The second kappa shape index (κ2) is 5.40. The quantitative estimate of drug-likeness (QED) is 0.791. The Balaban J connectivity index is 1.87. The summed E-state index contributed by atoms with van der Waals surface area (Å²) in [4.78, 5) is 19.8. The number of hydrogen-bond donors (Lipinski definition) is 0. The maximum absolute atomic E-state index is 11.9. The minimum atomic E-state index is -0.457. The summed E-state index contributed by atoms with van der Waals surface area (Å²) in [6.07, 6.45) is 1.36. The number of amides is 1. The van der Waals surface area contributed by atoms with Crippen molar-refractivity contribution in [1.29, 1.82) is 0 Å². The van der Waals surface area contributed by atoms with Crippen molar-refractivity contribution in [2.45, 2.75) is 26.4 Å². The van der Waals surface area contributed by atoms with Gasteiger partial charge >= 0.3 is 6.09 Å². The SMILES string of the molecule is CC(C)(C)OC(=O)N1CCN(c2ncc(Br)o2)CC1. The van der Waals surface area contributed by atoms with Crippen LogP contribution < -0.4 is 4.90 Å². The van der Waals surface area contributed by atoms with Gasteiger partial charge in [-0.2, -0.15) is 0 Å². The van der Waals surface area contributed by atoms with Gasteiger partial charge in [-0.15, -0.1) is 0 Å². The molecule has 1 aliphatic heterocycles. The summed E-state index contributed by atoms with van der Waals surface area (Å²) in [6.45, 7) is 8.19. The summed E-state index contributed by atoms with van der Waals surface area (Å²) in [6, 6.07) is 0.579. The molecule has 2 heterocycles. The van der Waals surface area contributed by atoms with Gasteiger partial charge in [0.2, 0.25) is 0 Å². The van der Waals surface area contributed by atoms with Gasteiger partial charge in [-0.3, -0.25) is 0 Å². The predicted octanol–water partition coefficient (Wildman–Crippen LogP) is 2.49. The van der Waals surface area contributed by atoms with E-state index in [0.717, 1.165) is 0 Å². The summed E-state index contributed by atoms with van der Waals surface area (Å²) in [5.41, 5.74) is -0.457. The Kier molecular flexibility index (Phi) is 4.03. The lowest BCUT2D eigenvalue weighted by molar-refractivity contribution is 0.0239. The largest absolute Gasteiger partial charge is 0.444 e. The summed E-state index contributed by atoms with van der Waals surface area (Å²) >= 11 is 3.23. The van der Waals surface area contributed by atoms with Gasteiger partial charge in [0.15, 0.2) is 4.67 Å². The minimum Gasteiger partial charge on any atom is -0.444 e. The molecule has 1 aliphatic rings. The number of carbonyl (C=O) groups excluding carboxylic acids is 1. The maximum atomic E-state index is 11.9. The number of ether oxygens (including phenoxy) is 1. The molecule has 2 rings (SSSR count). The lowest BCUT2D eigenvalue weighted by atomic mass is 10.2. The van der Waals surface area contributed by atoms with Crippen molar-refractivity contribution in [3.63, 3.8) is 0 Å². The van der Waals surface area contributed by atoms with Gasteiger partial charge in [0.1, 0.15) is 5.60 Å². The fourth-order valence-electron chi connectivity index (χ4n) is 1.80. The van der Waals surface area contributed by atoms with Crippen LogP contribution in [0.4, 0.5) is 10.8 Å². The molecule has 0 bridgehead atoms. The Morgan fingerprint density at radius 2 is 2.00 bits per heavy atom. The number of nitrogens with zero attached hydrogens (tertiary/aromatic N) is 3. The van der Waals surface area contributed by atoms with Crippen LogP contribution in [-0.4, -0.2) is 47.8 Å². The average Bonchev–Trinajstić information content (AvgIpc) is 2.74. The first kappa shape index (κ1) is 14.2. The Hall–Kier alpha value is -1.24. The number of hydrogen-bond acceptors (Lipinski definition) is 5. The molecule has 0 saturated carbocycles. The van der Waals surface area contributed by atoms with Gasteiger partial charge in [0.25, 0.3) is 6.01 Å². The van der Waals surface area contributed by atoms with E-state index in [4.69, 9.17) is 9.15 Å². The van der Waals surface area contributed by atoms with Crippen LogP contribution in [0.3, 0.4) is 0 Å². The maximum Gasteiger partial charge on any atom is 0.410 e. The van der Waals surface area contributed by atoms with Gasteiger partial charge in [-0.05, 0) is 36.7 Å². The summed E-state index contributed by atoms with van der Waals surface area (Å²) in [5.74, 6) is 0. The highest BCUT2D eigenvalue weighted by Gasteiger charge is 2.27. The Morgan fingerprint density at radius 1 is 1.37 bits per heavy atom. The van der Waals surface area contributed by atoms with Crippen molar-refractivity contribution in [1.82, 2.24) is 9.88 Å². The van der Waals surface area contributed by atoms with Crippen molar-refractivity contribution >= 4 is 28.0 Å². The monoisotopic (exact) mass is 331 g/mol. The van der Waals surface area contributed by atoms with Crippen molar-refractivity contribution in [2.75, 3.05) is 31.1 Å². The Morgan fingerprint density at radius 3 is 2.47 bits per heavy atom. The summed E-state index contributed by atoms with van der Waals surface area (Å²) in [5, 5.41) is 0. The van der Waals surface area contributed by atoms with Crippen LogP contribution in [0.1, 0.15) is 20.8 Å². The van der Waals surface area contributed by atoms with E-state index in [1.165, 1.54) is 0 Å². The molecule has 0 spiro atoms. The number of oxazole rings is 1. The topological polar surface area (TPSA) is 58.8 Å². The highest BCUT2D eigenvalue weighted by atomic mass is 79.9. The smallest absolute Gasteiger partial charge is 0.410 e. The third kappa shape index (κ3) is 3.86. The van der Waals surface area contributed by atoms with Gasteiger partial charge in [0, 0.05) is 26.2 Å². The van der Waals surface area contributed by atoms with Crippen molar-refractivity contribution in [3.8, 4) is 0 Å². The lowest BCUT2D eigenvalue weighted by Crippen LogP contribution is -2.50. The fourth-order valence-corrected chi connectivity index (χ4v) is 2.05. The van der Waals surface area contributed by atoms with Gasteiger partial charge in [-0.1, -0.05) is 0 Å². The van der Waals surface area contributed by atoms with E-state index in [-0.39, 0.29) is 6.09 Å². The van der Waals surface area contributed by atoms with Gasteiger partial charge in [0.05, 0.1) is 6.20 Å². The number of piperazine rings is 1. The highest BCUT2D eigenvalue weighted by Crippen LogP contribution is 2.20. The van der Waals surface area contributed by atoms with Gasteiger partial charge < -0.3 is 19.0 Å². The van der Waals surface area contributed by atoms with Crippen LogP contribution in [0, 0.1) is 0 Å². The molecular weight excluding hydrogens is 314 g/mol. The van der Waals surface area contributed by atoms with E-state index in [1.807, 2.05) is 25.7 Å². The number of aromatic nitrogens is 1. The molecule has 1 saturated heterocycles. The van der Waals surface area contributed by atoms with Crippen LogP contribution in [0.25, 0.3) is 0 Å². The van der Waals surface area contributed by atoms with Crippen LogP contribution in [0.5, 0.6) is 0 Å². The fraction of sp³-hybridized carbons (Fsp3) is 0.667. The van der Waals surface area contributed by atoms with Gasteiger partial charge in [-0.25, -0.2) is 9.78 Å². The highest BCUT2D eigenvalue weighted by molar-refractivity contribution is 9.10. The van der Waals surface area contributed by atoms with E-state index in [0.29, 0.717) is 36.9 Å². The molecule has 1 aromatic rings. The van der Waals surface area contributed by atoms with E-state index < -0.39 is 5.60 Å². The van der Waals surface area contributed by atoms with Crippen LogP contribution in [0.15, 0.2) is 15.3 Å². The third-order valence-electron chi connectivity index (χ3n) is 2.67. The first-order chi connectivity index (χ1) is 8.85. The second-order valence-electron chi connectivity index (χ2n) is 5.40. The van der Waals surface area contributed by atoms with Crippen LogP contribution in [-0.2, 0) is 4.74 Å². The first-order valence-electron chi connectivity index (χ1n) is 6.19. The number of anilines is 1. The molecular formula is C12H18BrN3O3. The van der Waals surface area contributed by atoms with Crippen LogP contribution in [0.2, 0.25) is 0 Å². The van der Waals surface area contributed by atoms with E-state index in [2.05, 4.69) is 20.9 Å². The molecule has 7 heteroatoms. The Labute approximate surface area is 120 Å². The van der Waals surface area contributed by atoms with Crippen LogP contribution >= 0.6 is 15.9 Å². The molecule has 106 valence electrons. The molecule has 0 aromatic carbocycles. The molecule has 1 fully saturated rings. The molecule has 1 aromatic heterocycles. The molecule has 19 heavy (non-hydrogen) atoms. The zero-order chi connectivity index (χ0) is 14.0. The van der Waals surface area contributed by atoms with E-state index >= 15 is 0 Å². The molecule has 6 nitrogen and oxygen atoms in total. The summed E-state index contributed by atoms with van der Waals surface area (Å²) < 4.78 is 11.3. The second-order valence-corrected chi connectivity index (χ2v) is 6.18. The molecule has 0 unspecified atom stereocenters. The molecule has 0 N–H and O–H groups in total. The molecule has 0 radical (unpaired) electrons. The third-order valence-corrected chi connectivity index (χ3v) is 3.03. The van der Waals surface area contributed by atoms with E-state index in [9.17, 15) is 4.79 Å². The normalized spacial score (nSPS) is 16.6. The Bertz CT molecular complexity index is 447. The zero-order valence-corrected chi connectivity index (χ0v) is 12.9. The minimum absolute atomic E-state index is 0.263. The van der Waals surface area contributed by atoms with Crippen molar-refractivity contribution in [2.24, 2.45) is 0 Å². The number of carbonyl (C=O) groups is 1. The number of halogens is 1. The summed E-state index contributed by atoms with van der Waals surface area (Å²) in [7, 11) is 0. The molecule has 1 amide bonds. The lowest BCUT2D eigenvalue weighted by Gasteiger charge is -2.34. The average molecular weight is 332 g/mol. The predicted molar refractivity (Wildman–Crippen MR) is 74.2 cm³/mol. The van der Waals surface area contributed by atoms with Crippen molar-refractivity contribution in [3.05, 3.63) is 10.9 Å². The zero-order valence-electron chi connectivity index (χ0n) is 11.4. The standard InChI is InChI=1S/C12H18BrN3O3/c1-12(2,3)19-11(17)16-6-4-15(5-7-16)10-14-8-9(13)18-10/h8H,4-7H2,1-3H3. The molecule has 0 atom stereocenters.